The summed E-state index contributed by atoms with van der Waals surface area (Å²) in [5.41, 5.74) is 0. The quantitative estimate of drug-likeness (QED) is 0.0786. The summed E-state index contributed by atoms with van der Waals surface area (Å²) in [5.74, 6) is -0.483. The number of carbonyl (C=O) groups is 3. The molecule has 0 unspecified atom stereocenters. The Bertz CT molecular complexity index is 671. The number of hydrogen-bond acceptors (Lipinski definition) is 5. The van der Waals surface area contributed by atoms with Crippen molar-refractivity contribution in [2.24, 2.45) is 5.92 Å². The van der Waals surface area contributed by atoms with Crippen molar-refractivity contribution in [3.63, 3.8) is 0 Å². The number of rotatable bonds is 23. The molecule has 1 amide bonds. The molecule has 1 rings (SSSR count). The highest BCUT2D eigenvalue weighted by molar-refractivity contribution is 5.82. The normalized spacial score (nSPS) is 15.7. The maximum atomic E-state index is 13.0. The van der Waals surface area contributed by atoms with Gasteiger partial charge in [-0.3, -0.25) is 9.59 Å². The molecular formula is C33H59NO5. The molecule has 0 aromatic heterocycles. The molecule has 2 atom stereocenters. The Morgan fingerprint density at radius 3 is 1.85 bits per heavy atom. The molecule has 1 saturated carbocycles. The van der Waals surface area contributed by atoms with Crippen molar-refractivity contribution in [1.82, 2.24) is 5.32 Å². The lowest BCUT2D eigenvalue weighted by Gasteiger charge is -2.35. The zero-order valence-electron chi connectivity index (χ0n) is 25.5. The molecule has 39 heavy (non-hydrogen) atoms. The minimum Gasteiger partial charge on any atom is -0.463 e. The lowest BCUT2D eigenvalue weighted by atomic mass is 9.81. The Morgan fingerprint density at radius 2 is 1.28 bits per heavy atom. The Hall–Kier alpha value is -1.85. The van der Waals surface area contributed by atoms with E-state index in [1.54, 1.807) is 13.0 Å². The molecule has 1 N–H and O–H groups in total. The second-order valence-corrected chi connectivity index (χ2v) is 11.3. The third-order valence-corrected chi connectivity index (χ3v) is 7.81. The minimum absolute atomic E-state index is 0.0109. The van der Waals surface area contributed by atoms with Crippen LogP contribution in [-0.4, -0.2) is 36.6 Å². The topological polar surface area (TPSA) is 81.7 Å². The fraction of sp³-hybridized carbons (Fsp3) is 0.848. The lowest BCUT2D eigenvalue weighted by Crippen LogP contribution is -2.49. The summed E-state index contributed by atoms with van der Waals surface area (Å²) in [6, 6.07) is -0.328. The van der Waals surface area contributed by atoms with E-state index < -0.39 is 12.1 Å². The first-order chi connectivity index (χ1) is 19.0. The van der Waals surface area contributed by atoms with Gasteiger partial charge in [-0.2, -0.15) is 0 Å². The summed E-state index contributed by atoms with van der Waals surface area (Å²) in [5, 5.41) is 3.24. The van der Waals surface area contributed by atoms with Crippen LogP contribution in [-0.2, 0) is 23.9 Å². The van der Waals surface area contributed by atoms with Crippen LogP contribution in [0.4, 0.5) is 0 Å². The first kappa shape index (κ1) is 35.2. The summed E-state index contributed by atoms with van der Waals surface area (Å²) in [4.78, 5) is 38.0. The molecule has 0 radical (unpaired) electrons. The number of amides is 1. The van der Waals surface area contributed by atoms with Gasteiger partial charge in [-0.25, -0.2) is 4.79 Å². The fourth-order valence-electron chi connectivity index (χ4n) is 5.50. The van der Waals surface area contributed by atoms with Gasteiger partial charge in [0.25, 0.3) is 0 Å². The molecule has 0 aromatic rings. The first-order valence-electron chi connectivity index (χ1n) is 16.4. The van der Waals surface area contributed by atoms with Gasteiger partial charge in [0.15, 0.2) is 0 Å². The molecule has 0 bridgehead atoms. The van der Waals surface area contributed by atoms with E-state index >= 15 is 0 Å². The molecule has 226 valence electrons. The second-order valence-electron chi connectivity index (χ2n) is 11.3. The third kappa shape index (κ3) is 18.2. The van der Waals surface area contributed by atoms with E-state index in [2.05, 4.69) is 19.2 Å². The van der Waals surface area contributed by atoms with Gasteiger partial charge < -0.3 is 14.8 Å². The van der Waals surface area contributed by atoms with E-state index in [4.69, 9.17) is 9.47 Å². The summed E-state index contributed by atoms with van der Waals surface area (Å²) in [6.45, 7) is 6.48. The summed E-state index contributed by atoms with van der Waals surface area (Å²) >= 11 is 0. The zero-order valence-corrected chi connectivity index (χ0v) is 25.5. The zero-order chi connectivity index (χ0) is 28.6. The minimum atomic E-state index is -0.674. The maximum Gasteiger partial charge on any atom is 0.330 e. The average Bonchev–Trinajstić information content (AvgIpc) is 2.93. The van der Waals surface area contributed by atoms with Crippen molar-refractivity contribution < 1.29 is 23.9 Å². The maximum absolute atomic E-state index is 13.0. The molecule has 1 aliphatic rings. The SMILES string of the molecule is CCCCCCCCCC(=O)N[C@H](C1CCCCC1)[C@@H](/C=C/C(=O)OCC)OC(=O)CCCCCCCCC. The van der Waals surface area contributed by atoms with E-state index in [-0.39, 0.29) is 30.4 Å². The van der Waals surface area contributed by atoms with Crippen LogP contribution in [0.3, 0.4) is 0 Å². The number of ether oxygens (including phenoxy) is 2. The van der Waals surface area contributed by atoms with Gasteiger partial charge in [-0.1, -0.05) is 110 Å². The van der Waals surface area contributed by atoms with E-state index in [1.165, 1.54) is 70.3 Å². The Kier molecular flexibility index (Phi) is 21.6. The van der Waals surface area contributed by atoms with Crippen LogP contribution in [0.1, 0.15) is 156 Å². The molecular weight excluding hydrogens is 490 g/mol. The van der Waals surface area contributed by atoms with E-state index in [0.29, 0.717) is 12.8 Å². The van der Waals surface area contributed by atoms with Crippen LogP contribution in [0, 0.1) is 5.92 Å². The Balaban J connectivity index is 2.78. The van der Waals surface area contributed by atoms with Crippen LogP contribution in [0.5, 0.6) is 0 Å². The van der Waals surface area contributed by atoms with Crippen molar-refractivity contribution >= 4 is 17.8 Å². The molecule has 6 heteroatoms. The summed E-state index contributed by atoms with van der Waals surface area (Å²) in [6.07, 6.45) is 24.6. The first-order valence-corrected chi connectivity index (χ1v) is 16.4. The summed E-state index contributed by atoms with van der Waals surface area (Å²) in [7, 11) is 0. The molecule has 6 nitrogen and oxygen atoms in total. The predicted molar refractivity (Wildman–Crippen MR) is 159 cm³/mol. The summed E-state index contributed by atoms with van der Waals surface area (Å²) < 4.78 is 11.0. The molecule has 1 fully saturated rings. The number of nitrogens with one attached hydrogen (secondary N) is 1. The van der Waals surface area contributed by atoms with Gasteiger partial charge in [0, 0.05) is 18.9 Å². The molecule has 0 aliphatic heterocycles. The van der Waals surface area contributed by atoms with Gasteiger partial charge in [0.05, 0.1) is 12.6 Å². The van der Waals surface area contributed by atoms with Crippen molar-refractivity contribution in [1.29, 1.82) is 0 Å². The Morgan fingerprint density at radius 1 is 0.744 bits per heavy atom. The smallest absolute Gasteiger partial charge is 0.330 e. The van der Waals surface area contributed by atoms with Gasteiger partial charge in [0.2, 0.25) is 5.91 Å². The van der Waals surface area contributed by atoms with Gasteiger partial charge in [-0.15, -0.1) is 0 Å². The highest BCUT2D eigenvalue weighted by Crippen LogP contribution is 2.29. The lowest BCUT2D eigenvalue weighted by molar-refractivity contribution is -0.150. The van der Waals surface area contributed by atoms with Crippen LogP contribution < -0.4 is 5.32 Å². The molecule has 0 aromatic carbocycles. The van der Waals surface area contributed by atoms with Crippen molar-refractivity contribution in [2.45, 2.75) is 168 Å². The molecule has 0 spiro atoms. The van der Waals surface area contributed by atoms with Gasteiger partial charge in [0.1, 0.15) is 6.10 Å². The van der Waals surface area contributed by atoms with E-state index in [9.17, 15) is 14.4 Å². The number of carbonyl (C=O) groups excluding carboxylic acids is 3. The van der Waals surface area contributed by atoms with Crippen LogP contribution in [0.2, 0.25) is 0 Å². The fourth-order valence-corrected chi connectivity index (χ4v) is 5.50. The molecule has 1 aliphatic carbocycles. The van der Waals surface area contributed by atoms with Crippen molar-refractivity contribution in [3.8, 4) is 0 Å². The predicted octanol–water partition coefficient (Wildman–Crippen LogP) is 8.36. The molecule has 0 saturated heterocycles. The molecule has 0 heterocycles. The van der Waals surface area contributed by atoms with Crippen molar-refractivity contribution in [2.75, 3.05) is 6.61 Å². The van der Waals surface area contributed by atoms with Gasteiger partial charge in [-0.05, 0) is 44.6 Å². The number of hydrogen-bond donors (Lipinski definition) is 1. The number of unbranched alkanes of at least 4 members (excludes halogenated alkanes) is 12. The van der Waals surface area contributed by atoms with E-state index in [1.807, 2.05) is 0 Å². The van der Waals surface area contributed by atoms with Crippen LogP contribution in [0.25, 0.3) is 0 Å². The number of esters is 2. The van der Waals surface area contributed by atoms with Gasteiger partial charge >= 0.3 is 11.9 Å². The Labute approximate surface area is 239 Å². The third-order valence-electron chi connectivity index (χ3n) is 7.81. The highest BCUT2D eigenvalue weighted by Gasteiger charge is 2.33. The standard InChI is InChI=1S/C33H59NO5/c1-4-7-9-11-13-15-20-24-30(35)34-33(28-22-18-17-19-23-28)29(26-27-31(36)38-6-3)39-32(37)25-21-16-14-12-10-8-5-2/h26-29,33H,4-25H2,1-3H3,(H,34,35)/b27-26+/t29-,33-/m1/s1. The highest BCUT2D eigenvalue weighted by atomic mass is 16.5. The average molecular weight is 550 g/mol. The van der Waals surface area contributed by atoms with Crippen molar-refractivity contribution in [3.05, 3.63) is 12.2 Å². The van der Waals surface area contributed by atoms with E-state index in [0.717, 1.165) is 57.8 Å². The second kappa shape index (κ2) is 24.0. The largest absolute Gasteiger partial charge is 0.463 e. The van der Waals surface area contributed by atoms with Crippen LogP contribution >= 0.6 is 0 Å². The monoisotopic (exact) mass is 549 g/mol. The van der Waals surface area contributed by atoms with Crippen LogP contribution in [0.15, 0.2) is 12.2 Å².